The van der Waals surface area contributed by atoms with Crippen molar-refractivity contribution < 1.29 is 9.53 Å². The Morgan fingerprint density at radius 2 is 2.00 bits per heavy atom. The molecule has 6 heteroatoms. The maximum atomic E-state index is 12.9. The summed E-state index contributed by atoms with van der Waals surface area (Å²) in [4.78, 5) is 20.6. The molecule has 2 atom stereocenters. The Hall–Kier alpha value is -1.66. The average Bonchev–Trinajstić information content (AvgIpc) is 2.73. The summed E-state index contributed by atoms with van der Waals surface area (Å²) in [5, 5.41) is 0.910. The van der Waals surface area contributed by atoms with Gasteiger partial charge in [-0.2, -0.15) is 0 Å². The van der Waals surface area contributed by atoms with Gasteiger partial charge >= 0.3 is 0 Å². The van der Waals surface area contributed by atoms with Crippen LogP contribution in [0.4, 0.5) is 5.69 Å². The van der Waals surface area contributed by atoms with Gasteiger partial charge in [-0.15, -0.1) is 11.3 Å². The van der Waals surface area contributed by atoms with Crippen molar-refractivity contribution in [2.45, 2.75) is 39.9 Å². The van der Waals surface area contributed by atoms with E-state index in [1.165, 1.54) is 11.3 Å². The predicted octanol–water partition coefficient (Wildman–Crippen LogP) is 2.74. The van der Waals surface area contributed by atoms with Gasteiger partial charge in [0.1, 0.15) is 9.71 Å². The first-order chi connectivity index (χ1) is 10.4. The molecule has 0 spiro atoms. The number of anilines is 1. The Morgan fingerprint density at radius 1 is 1.36 bits per heavy atom. The second kappa shape index (κ2) is 5.52. The highest BCUT2D eigenvalue weighted by molar-refractivity contribution is 7.21. The highest BCUT2D eigenvalue weighted by atomic mass is 32.1. The topological polar surface area (TPSA) is 68.5 Å². The molecule has 0 unspecified atom stereocenters. The molecule has 1 aliphatic heterocycles. The number of ether oxygens (including phenoxy) is 1. The van der Waals surface area contributed by atoms with Gasteiger partial charge in [0, 0.05) is 24.2 Å². The molecule has 1 saturated heterocycles. The number of aryl methyl sites for hydroxylation is 2. The van der Waals surface area contributed by atoms with Crippen LogP contribution in [0.1, 0.15) is 34.8 Å². The molecule has 22 heavy (non-hydrogen) atoms. The number of hydrogen-bond acceptors (Lipinski definition) is 5. The van der Waals surface area contributed by atoms with Gasteiger partial charge in [0.15, 0.2) is 0 Å². The number of carbonyl (C=O) groups excluding carboxylic acids is 1. The average molecular weight is 319 g/mol. The summed E-state index contributed by atoms with van der Waals surface area (Å²) in [5.74, 6) is -0.0143. The van der Waals surface area contributed by atoms with Crippen LogP contribution in [0, 0.1) is 13.8 Å². The highest BCUT2D eigenvalue weighted by Gasteiger charge is 2.29. The zero-order valence-corrected chi connectivity index (χ0v) is 14.2. The molecule has 3 rings (SSSR count). The Bertz CT molecular complexity index is 731. The van der Waals surface area contributed by atoms with Crippen LogP contribution in [0.15, 0.2) is 6.07 Å². The normalized spacial score (nSPS) is 22.3. The van der Waals surface area contributed by atoms with Gasteiger partial charge in [0.2, 0.25) is 0 Å². The molecule has 2 aromatic heterocycles. The summed E-state index contributed by atoms with van der Waals surface area (Å²) in [6.07, 6.45) is 0.0933. The molecule has 118 valence electrons. The number of amides is 1. The van der Waals surface area contributed by atoms with Crippen molar-refractivity contribution in [3.8, 4) is 0 Å². The lowest BCUT2D eigenvalue weighted by Gasteiger charge is -2.35. The summed E-state index contributed by atoms with van der Waals surface area (Å²) < 4.78 is 5.69. The summed E-state index contributed by atoms with van der Waals surface area (Å²) >= 11 is 1.39. The van der Waals surface area contributed by atoms with Crippen LogP contribution in [0.2, 0.25) is 0 Å². The number of thiophene rings is 1. The molecular weight excluding hydrogens is 298 g/mol. The van der Waals surface area contributed by atoms with E-state index in [4.69, 9.17) is 10.5 Å². The Kier molecular flexibility index (Phi) is 3.82. The van der Waals surface area contributed by atoms with Gasteiger partial charge < -0.3 is 15.4 Å². The molecule has 0 aliphatic carbocycles. The fourth-order valence-electron chi connectivity index (χ4n) is 3.12. The molecule has 3 heterocycles. The molecule has 2 N–H and O–H groups in total. The van der Waals surface area contributed by atoms with Crippen LogP contribution >= 0.6 is 11.3 Å². The van der Waals surface area contributed by atoms with Crippen LogP contribution in [0.5, 0.6) is 0 Å². The summed E-state index contributed by atoms with van der Waals surface area (Å²) in [7, 11) is 0. The lowest BCUT2D eigenvalue weighted by molar-refractivity contribution is -0.0584. The molecule has 0 saturated carbocycles. The molecule has 5 nitrogen and oxygen atoms in total. The van der Waals surface area contributed by atoms with Gasteiger partial charge in [-0.25, -0.2) is 4.98 Å². The Morgan fingerprint density at radius 3 is 2.64 bits per heavy atom. The third-order valence-electron chi connectivity index (χ3n) is 3.93. The number of rotatable bonds is 1. The number of morpholine rings is 1. The lowest BCUT2D eigenvalue weighted by atomic mass is 10.1. The molecule has 0 bridgehead atoms. The van der Waals surface area contributed by atoms with E-state index in [9.17, 15) is 4.79 Å². The van der Waals surface area contributed by atoms with E-state index in [0.717, 1.165) is 21.5 Å². The van der Waals surface area contributed by atoms with E-state index in [1.54, 1.807) is 0 Å². The molecule has 1 aliphatic rings. The van der Waals surface area contributed by atoms with Crippen molar-refractivity contribution in [2.24, 2.45) is 0 Å². The van der Waals surface area contributed by atoms with Gasteiger partial charge in [-0.1, -0.05) is 0 Å². The fourth-order valence-corrected chi connectivity index (χ4v) is 4.30. The minimum Gasteiger partial charge on any atom is -0.397 e. The van der Waals surface area contributed by atoms with Crippen LogP contribution in [0.25, 0.3) is 10.2 Å². The molecular formula is C16H21N3O2S. The van der Waals surface area contributed by atoms with Crippen molar-refractivity contribution in [3.63, 3.8) is 0 Å². The number of carbonyl (C=O) groups is 1. The van der Waals surface area contributed by atoms with E-state index < -0.39 is 0 Å². The first-order valence-electron chi connectivity index (χ1n) is 7.47. The third-order valence-corrected chi connectivity index (χ3v) is 5.01. The van der Waals surface area contributed by atoms with E-state index in [2.05, 4.69) is 4.98 Å². The quantitative estimate of drug-likeness (QED) is 0.877. The zero-order chi connectivity index (χ0) is 16.0. The minimum absolute atomic E-state index is 0.0143. The maximum Gasteiger partial charge on any atom is 0.266 e. The summed E-state index contributed by atoms with van der Waals surface area (Å²) in [6.45, 7) is 9.13. The third kappa shape index (κ3) is 2.57. The van der Waals surface area contributed by atoms with E-state index in [0.29, 0.717) is 23.7 Å². The molecule has 2 aromatic rings. The molecule has 0 radical (unpaired) electrons. The van der Waals surface area contributed by atoms with E-state index in [-0.39, 0.29) is 18.1 Å². The maximum absolute atomic E-state index is 12.9. The number of fused-ring (bicyclic) bond motifs is 1. The van der Waals surface area contributed by atoms with E-state index >= 15 is 0 Å². The predicted molar refractivity (Wildman–Crippen MR) is 89.4 cm³/mol. The van der Waals surface area contributed by atoms with Crippen molar-refractivity contribution in [2.75, 3.05) is 18.8 Å². The largest absolute Gasteiger partial charge is 0.397 e. The summed E-state index contributed by atoms with van der Waals surface area (Å²) in [6, 6.07) is 2.00. The van der Waals surface area contributed by atoms with Gasteiger partial charge in [0.05, 0.1) is 17.9 Å². The van der Waals surface area contributed by atoms with Crippen LogP contribution < -0.4 is 5.73 Å². The fraction of sp³-hybridized carbons (Fsp3) is 0.500. The molecule has 1 fully saturated rings. The Labute approximate surface area is 134 Å². The molecule has 0 aromatic carbocycles. The van der Waals surface area contributed by atoms with Crippen LogP contribution in [0.3, 0.4) is 0 Å². The van der Waals surface area contributed by atoms with Crippen LogP contribution in [-0.4, -0.2) is 41.1 Å². The highest BCUT2D eigenvalue weighted by Crippen LogP contribution is 2.36. The number of nitrogen functional groups attached to an aromatic ring is 1. The monoisotopic (exact) mass is 319 g/mol. The van der Waals surface area contributed by atoms with Crippen molar-refractivity contribution in [1.29, 1.82) is 0 Å². The summed E-state index contributed by atoms with van der Waals surface area (Å²) in [5.41, 5.74) is 8.83. The van der Waals surface area contributed by atoms with Crippen molar-refractivity contribution >= 4 is 33.1 Å². The van der Waals surface area contributed by atoms with Gasteiger partial charge in [0.25, 0.3) is 5.91 Å². The van der Waals surface area contributed by atoms with Crippen molar-refractivity contribution in [1.82, 2.24) is 9.88 Å². The van der Waals surface area contributed by atoms with Gasteiger partial charge in [-0.05, 0) is 39.3 Å². The second-order valence-electron chi connectivity index (χ2n) is 6.07. The number of aromatic nitrogens is 1. The SMILES string of the molecule is Cc1cc(C)c2c(N)c(C(=O)N3C[C@@H](C)O[C@@H](C)C3)sc2n1. The first kappa shape index (κ1) is 15.2. The smallest absolute Gasteiger partial charge is 0.266 e. The van der Waals surface area contributed by atoms with Crippen LogP contribution in [-0.2, 0) is 4.74 Å². The van der Waals surface area contributed by atoms with Crippen molar-refractivity contribution in [3.05, 3.63) is 22.2 Å². The minimum atomic E-state index is -0.0143. The standard InChI is InChI=1S/C16H21N3O2S/c1-8-5-9(2)18-15-12(8)13(17)14(22-15)16(20)19-6-10(3)21-11(4)7-19/h5,10-11H,6-7,17H2,1-4H3/t10-,11+. The van der Waals surface area contributed by atoms with E-state index in [1.807, 2.05) is 38.7 Å². The zero-order valence-electron chi connectivity index (χ0n) is 13.3. The molecule has 1 amide bonds. The lowest BCUT2D eigenvalue weighted by Crippen LogP contribution is -2.48. The number of pyridine rings is 1. The Balaban J connectivity index is 2.01. The number of nitrogens with two attached hydrogens (primary N) is 1. The number of nitrogens with zero attached hydrogens (tertiary/aromatic N) is 2. The number of hydrogen-bond donors (Lipinski definition) is 1. The second-order valence-corrected chi connectivity index (χ2v) is 7.07. The first-order valence-corrected chi connectivity index (χ1v) is 8.29. The van der Waals surface area contributed by atoms with Gasteiger partial charge in [-0.3, -0.25) is 4.79 Å².